The molecule has 3 aromatic rings. The molecule has 1 amide bonds. The Hall–Kier alpha value is -2.47. The zero-order valence-corrected chi connectivity index (χ0v) is 19.8. The molecule has 0 spiro atoms. The second-order valence-electron chi connectivity index (χ2n) is 7.25. The lowest BCUT2D eigenvalue weighted by Crippen LogP contribution is -2.27. The van der Waals surface area contributed by atoms with Gasteiger partial charge in [0.05, 0.1) is 10.1 Å². The summed E-state index contributed by atoms with van der Waals surface area (Å²) in [5, 5.41) is 14.5. The standard InChI is InChI=1S/C21H23N5O3S3/c1-15(30-21-25-24-20(31-21)23-16-7-3-2-4-8-16)19(27)22-17-9-11-18(12-10-17)32(28,29)26-13-5-6-14-26/h2-4,7-12,15H,5-6,13-14H2,1H3,(H,22,27)(H,23,24)/t15-/m0/s1. The molecule has 11 heteroatoms. The third-order valence-electron chi connectivity index (χ3n) is 4.90. The monoisotopic (exact) mass is 489 g/mol. The number of aromatic nitrogens is 2. The van der Waals surface area contributed by atoms with Crippen molar-refractivity contribution in [3.63, 3.8) is 0 Å². The van der Waals surface area contributed by atoms with Crippen molar-refractivity contribution in [3.05, 3.63) is 54.6 Å². The number of sulfonamides is 1. The maximum Gasteiger partial charge on any atom is 0.243 e. The number of anilines is 3. The van der Waals surface area contributed by atoms with Gasteiger partial charge in [-0.05, 0) is 56.2 Å². The van der Waals surface area contributed by atoms with Crippen molar-refractivity contribution in [1.82, 2.24) is 14.5 Å². The molecule has 8 nitrogen and oxygen atoms in total. The van der Waals surface area contributed by atoms with E-state index in [4.69, 9.17) is 0 Å². The van der Waals surface area contributed by atoms with Crippen LogP contribution in [0.3, 0.4) is 0 Å². The van der Waals surface area contributed by atoms with Crippen LogP contribution in [0.2, 0.25) is 0 Å². The van der Waals surface area contributed by atoms with E-state index in [1.807, 2.05) is 30.3 Å². The molecule has 2 heterocycles. The van der Waals surface area contributed by atoms with E-state index in [1.54, 1.807) is 19.1 Å². The molecule has 1 aliphatic rings. The van der Waals surface area contributed by atoms with Gasteiger partial charge in [0, 0.05) is 24.5 Å². The molecule has 1 aromatic heterocycles. The molecule has 168 valence electrons. The number of carbonyl (C=O) groups excluding carboxylic acids is 1. The Labute approximate surface area is 195 Å². The van der Waals surface area contributed by atoms with Gasteiger partial charge in [-0.25, -0.2) is 8.42 Å². The second kappa shape index (κ2) is 9.99. The SMILES string of the molecule is C[C@H](Sc1nnc(Nc2ccccc2)s1)C(=O)Nc1ccc(S(=O)(=O)N2CCCC2)cc1. The highest BCUT2D eigenvalue weighted by Gasteiger charge is 2.27. The maximum atomic E-state index is 12.6. The number of hydrogen-bond acceptors (Lipinski definition) is 8. The molecular formula is C21H23N5O3S3. The van der Waals surface area contributed by atoms with Crippen LogP contribution in [-0.4, -0.2) is 47.2 Å². The van der Waals surface area contributed by atoms with E-state index in [2.05, 4.69) is 20.8 Å². The number of amides is 1. The van der Waals surface area contributed by atoms with Crippen molar-refractivity contribution < 1.29 is 13.2 Å². The maximum absolute atomic E-state index is 12.6. The minimum absolute atomic E-state index is 0.196. The number of rotatable bonds is 8. The Balaban J connectivity index is 1.33. The zero-order valence-electron chi connectivity index (χ0n) is 17.4. The summed E-state index contributed by atoms with van der Waals surface area (Å²) < 4.78 is 27.4. The van der Waals surface area contributed by atoms with E-state index in [9.17, 15) is 13.2 Å². The van der Waals surface area contributed by atoms with Gasteiger partial charge in [-0.3, -0.25) is 4.79 Å². The zero-order chi connectivity index (χ0) is 22.6. The first kappa shape index (κ1) is 22.7. The molecule has 0 saturated carbocycles. The average molecular weight is 490 g/mol. The molecule has 2 N–H and O–H groups in total. The van der Waals surface area contributed by atoms with Crippen LogP contribution in [0, 0.1) is 0 Å². The molecule has 1 saturated heterocycles. The Morgan fingerprint density at radius 1 is 1.03 bits per heavy atom. The molecule has 1 fully saturated rings. The fraction of sp³-hybridized carbons (Fsp3) is 0.286. The lowest BCUT2D eigenvalue weighted by Gasteiger charge is -2.16. The van der Waals surface area contributed by atoms with E-state index in [-0.39, 0.29) is 10.8 Å². The summed E-state index contributed by atoms with van der Waals surface area (Å²) in [5.41, 5.74) is 1.47. The van der Waals surface area contributed by atoms with Gasteiger partial charge < -0.3 is 10.6 Å². The highest BCUT2D eigenvalue weighted by Crippen LogP contribution is 2.31. The lowest BCUT2D eigenvalue weighted by molar-refractivity contribution is -0.115. The first-order chi connectivity index (χ1) is 15.4. The summed E-state index contributed by atoms with van der Waals surface area (Å²) >= 11 is 2.69. The first-order valence-corrected chi connectivity index (χ1v) is 13.3. The first-order valence-electron chi connectivity index (χ1n) is 10.1. The molecule has 32 heavy (non-hydrogen) atoms. The number of nitrogens with one attached hydrogen (secondary N) is 2. The summed E-state index contributed by atoms with van der Waals surface area (Å²) in [6.45, 7) is 2.91. The molecule has 0 unspecified atom stereocenters. The third-order valence-corrected chi connectivity index (χ3v) is 8.84. The van der Waals surface area contributed by atoms with Crippen LogP contribution in [0.5, 0.6) is 0 Å². The van der Waals surface area contributed by atoms with Gasteiger partial charge in [-0.2, -0.15) is 4.31 Å². The highest BCUT2D eigenvalue weighted by atomic mass is 32.2. The average Bonchev–Trinajstić information content (AvgIpc) is 3.48. The number of benzene rings is 2. The number of hydrogen-bond donors (Lipinski definition) is 2. The lowest BCUT2D eigenvalue weighted by atomic mass is 10.3. The van der Waals surface area contributed by atoms with E-state index in [0.717, 1.165) is 18.5 Å². The fourth-order valence-electron chi connectivity index (χ4n) is 3.19. The van der Waals surface area contributed by atoms with Gasteiger partial charge in [0.1, 0.15) is 0 Å². The molecule has 0 aliphatic carbocycles. The van der Waals surface area contributed by atoms with Crippen LogP contribution in [0.4, 0.5) is 16.5 Å². The van der Waals surface area contributed by atoms with Crippen molar-refractivity contribution in [1.29, 1.82) is 0 Å². The predicted octanol–water partition coefficient (Wildman–Crippen LogP) is 4.19. The smallest absolute Gasteiger partial charge is 0.243 e. The molecular weight excluding hydrogens is 466 g/mol. The van der Waals surface area contributed by atoms with E-state index in [1.165, 1.54) is 39.5 Å². The molecule has 1 atom stereocenters. The number of nitrogens with zero attached hydrogens (tertiary/aromatic N) is 3. The Morgan fingerprint density at radius 2 is 1.72 bits per heavy atom. The third kappa shape index (κ3) is 5.47. The van der Waals surface area contributed by atoms with Gasteiger partial charge in [-0.15, -0.1) is 10.2 Å². The Morgan fingerprint density at radius 3 is 2.41 bits per heavy atom. The van der Waals surface area contributed by atoms with Crippen molar-refractivity contribution in [2.24, 2.45) is 0 Å². The van der Waals surface area contributed by atoms with Gasteiger partial charge in [-0.1, -0.05) is 41.3 Å². The van der Waals surface area contributed by atoms with Gasteiger partial charge in [0.25, 0.3) is 0 Å². The van der Waals surface area contributed by atoms with Gasteiger partial charge in [0.2, 0.25) is 21.1 Å². The largest absolute Gasteiger partial charge is 0.330 e. The molecule has 0 bridgehead atoms. The second-order valence-corrected chi connectivity index (χ2v) is 11.8. The molecule has 0 radical (unpaired) electrons. The summed E-state index contributed by atoms with van der Waals surface area (Å²) in [4.78, 5) is 12.8. The summed E-state index contributed by atoms with van der Waals surface area (Å²) in [7, 11) is -3.46. The van der Waals surface area contributed by atoms with Crippen LogP contribution in [-0.2, 0) is 14.8 Å². The Kier molecular flexibility index (Phi) is 7.09. The van der Waals surface area contributed by atoms with E-state index < -0.39 is 15.3 Å². The van der Waals surface area contributed by atoms with Crippen molar-refractivity contribution >= 4 is 55.5 Å². The van der Waals surface area contributed by atoms with Crippen LogP contribution in [0.1, 0.15) is 19.8 Å². The number of thioether (sulfide) groups is 1. The molecule has 1 aliphatic heterocycles. The predicted molar refractivity (Wildman–Crippen MR) is 128 cm³/mol. The van der Waals surface area contributed by atoms with E-state index in [0.29, 0.717) is 28.2 Å². The van der Waals surface area contributed by atoms with E-state index >= 15 is 0 Å². The molecule has 2 aromatic carbocycles. The molecule has 4 rings (SSSR count). The van der Waals surface area contributed by atoms with Gasteiger partial charge in [0.15, 0.2) is 4.34 Å². The number of para-hydroxylation sites is 1. The van der Waals surface area contributed by atoms with Crippen LogP contribution < -0.4 is 10.6 Å². The van der Waals surface area contributed by atoms with Crippen molar-refractivity contribution in [2.45, 2.75) is 34.3 Å². The topological polar surface area (TPSA) is 104 Å². The minimum Gasteiger partial charge on any atom is -0.330 e. The van der Waals surface area contributed by atoms with Crippen LogP contribution in [0.25, 0.3) is 0 Å². The normalized spacial score (nSPS) is 15.4. The van der Waals surface area contributed by atoms with Crippen LogP contribution in [0.15, 0.2) is 63.8 Å². The minimum atomic E-state index is -3.46. The van der Waals surface area contributed by atoms with Crippen molar-refractivity contribution in [2.75, 3.05) is 23.7 Å². The summed E-state index contributed by atoms with van der Waals surface area (Å²) in [5.74, 6) is -0.196. The quantitative estimate of drug-likeness (QED) is 0.457. The fourth-order valence-corrected chi connectivity index (χ4v) is 6.62. The highest BCUT2D eigenvalue weighted by molar-refractivity contribution is 8.02. The van der Waals surface area contributed by atoms with Gasteiger partial charge >= 0.3 is 0 Å². The Bertz CT molecular complexity index is 1160. The summed E-state index contributed by atoms with van der Waals surface area (Å²) in [6.07, 6.45) is 1.78. The van der Waals surface area contributed by atoms with Crippen molar-refractivity contribution in [3.8, 4) is 0 Å². The number of carbonyl (C=O) groups is 1. The summed E-state index contributed by atoms with van der Waals surface area (Å²) in [6, 6.07) is 16.0. The van der Waals surface area contributed by atoms with Crippen LogP contribution >= 0.6 is 23.1 Å².